The molecule has 2 atom stereocenters. The SMILES string of the molecule is CCc1nn(C)cc1C(=O)N[C@@H](c1ccccc1)[C@H](O)c1ccccc1. The van der Waals surface area contributed by atoms with Crippen molar-refractivity contribution in [3.63, 3.8) is 0 Å². The van der Waals surface area contributed by atoms with Gasteiger partial charge in [0.1, 0.15) is 6.10 Å². The monoisotopic (exact) mass is 349 g/mol. The maximum atomic E-state index is 12.9. The second-order valence-corrected chi connectivity index (χ2v) is 6.23. The molecule has 1 aromatic heterocycles. The van der Waals surface area contributed by atoms with E-state index in [0.29, 0.717) is 12.0 Å². The minimum atomic E-state index is -0.857. The van der Waals surface area contributed by atoms with Crippen molar-refractivity contribution in [1.29, 1.82) is 0 Å². The molecule has 1 amide bonds. The Bertz CT molecular complexity index is 859. The summed E-state index contributed by atoms with van der Waals surface area (Å²) in [7, 11) is 1.80. The third kappa shape index (κ3) is 3.83. The summed E-state index contributed by atoms with van der Waals surface area (Å²) in [5.74, 6) is -0.237. The molecule has 0 aliphatic carbocycles. The number of nitrogens with zero attached hydrogens (tertiary/aromatic N) is 2. The van der Waals surface area contributed by atoms with Gasteiger partial charge in [-0.1, -0.05) is 67.6 Å². The lowest BCUT2D eigenvalue weighted by Crippen LogP contribution is -2.33. The molecule has 0 aliphatic heterocycles. The van der Waals surface area contributed by atoms with Crippen LogP contribution in [0.25, 0.3) is 0 Å². The van der Waals surface area contributed by atoms with Crippen molar-refractivity contribution in [3.8, 4) is 0 Å². The molecule has 0 saturated heterocycles. The summed E-state index contributed by atoms with van der Waals surface area (Å²) in [6.45, 7) is 1.96. The van der Waals surface area contributed by atoms with Crippen LogP contribution in [0.4, 0.5) is 0 Å². The van der Waals surface area contributed by atoms with E-state index in [2.05, 4.69) is 10.4 Å². The second-order valence-electron chi connectivity index (χ2n) is 6.23. The molecule has 0 aliphatic rings. The van der Waals surface area contributed by atoms with E-state index in [9.17, 15) is 9.90 Å². The number of aliphatic hydroxyl groups is 1. The van der Waals surface area contributed by atoms with Crippen LogP contribution in [0.15, 0.2) is 66.9 Å². The number of benzene rings is 2. The van der Waals surface area contributed by atoms with E-state index < -0.39 is 12.1 Å². The summed E-state index contributed by atoms with van der Waals surface area (Å²) in [5.41, 5.74) is 2.88. The van der Waals surface area contributed by atoms with Gasteiger partial charge in [-0.05, 0) is 17.5 Å². The van der Waals surface area contributed by atoms with Crippen molar-refractivity contribution >= 4 is 5.91 Å². The van der Waals surface area contributed by atoms with Gasteiger partial charge in [0.15, 0.2) is 0 Å². The highest BCUT2D eigenvalue weighted by molar-refractivity contribution is 5.95. The van der Waals surface area contributed by atoms with Crippen molar-refractivity contribution in [2.45, 2.75) is 25.5 Å². The van der Waals surface area contributed by atoms with Gasteiger partial charge in [0, 0.05) is 13.2 Å². The molecule has 2 aromatic carbocycles. The van der Waals surface area contributed by atoms with Gasteiger partial charge < -0.3 is 10.4 Å². The van der Waals surface area contributed by atoms with E-state index in [1.807, 2.05) is 67.6 Å². The van der Waals surface area contributed by atoms with Crippen LogP contribution in [-0.4, -0.2) is 20.8 Å². The van der Waals surface area contributed by atoms with Gasteiger partial charge in [-0.15, -0.1) is 0 Å². The Morgan fingerprint density at radius 1 is 1.08 bits per heavy atom. The molecule has 1 heterocycles. The highest BCUT2D eigenvalue weighted by Crippen LogP contribution is 2.29. The lowest BCUT2D eigenvalue weighted by atomic mass is 9.95. The van der Waals surface area contributed by atoms with Gasteiger partial charge in [0.05, 0.1) is 17.3 Å². The maximum Gasteiger partial charge on any atom is 0.255 e. The summed E-state index contributed by atoms with van der Waals surface area (Å²) in [4.78, 5) is 12.9. The molecule has 0 radical (unpaired) electrons. The first-order valence-corrected chi connectivity index (χ1v) is 8.71. The van der Waals surface area contributed by atoms with Crippen LogP contribution in [-0.2, 0) is 13.5 Å². The zero-order chi connectivity index (χ0) is 18.5. The molecule has 0 fully saturated rings. The quantitative estimate of drug-likeness (QED) is 0.718. The van der Waals surface area contributed by atoms with Crippen molar-refractivity contribution in [3.05, 3.63) is 89.2 Å². The fourth-order valence-electron chi connectivity index (χ4n) is 3.05. The Morgan fingerprint density at radius 2 is 1.65 bits per heavy atom. The Labute approximate surface area is 153 Å². The van der Waals surface area contributed by atoms with Crippen LogP contribution < -0.4 is 5.32 Å². The third-order valence-corrected chi connectivity index (χ3v) is 4.39. The predicted octanol–water partition coefficient (Wildman–Crippen LogP) is 3.19. The second kappa shape index (κ2) is 7.97. The topological polar surface area (TPSA) is 67.2 Å². The van der Waals surface area contributed by atoms with E-state index in [4.69, 9.17) is 0 Å². The molecule has 0 unspecified atom stereocenters. The summed E-state index contributed by atoms with van der Waals surface area (Å²) in [6, 6.07) is 18.3. The van der Waals surface area contributed by atoms with Crippen molar-refractivity contribution < 1.29 is 9.90 Å². The number of hydrogen-bond acceptors (Lipinski definition) is 3. The number of aliphatic hydroxyl groups excluding tert-OH is 1. The minimum Gasteiger partial charge on any atom is -0.386 e. The zero-order valence-electron chi connectivity index (χ0n) is 15.0. The first kappa shape index (κ1) is 17.9. The zero-order valence-corrected chi connectivity index (χ0v) is 15.0. The van der Waals surface area contributed by atoms with Crippen LogP contribution in [0.5, 0.6) is 0 Å². The Kier molecular flexibility index (Phi) is 5.49. The normalized spacial score (nSPS) is 13.2. The van der Waals surface area contributed by atoms with E-state index in [-0.39, 0.29) is 5.91 Å². The molecule has 3 rings (SSSR count). The smallest absolute Gasteiger partial charge is 0.255 e. The maximum absolute atomic E-state index is 12.9. The largest absolute Gasteiger partial charge is 0.386 e. The van der Waals surface area contributed by atoms with Crippen molar-refractivity contribution in [1.82, 2.24) is 15.1 Å². The molecule has 2 N–H and O–H groups in total. The van der Waals surface area contributed by atoms with Crippen LogP contribution >= 0.6 is 0 Å². The third-order valence-electron chi connectivity index (χ3n) is 4.39. The Morgan fingerprint density at radius 3 is 2.23 bits per heavy atom. The molecule has 0 saturated carbocycles. The van der Waals surface area contributed by atoms with Gasteiger partial charge in [0.25, 0.3) is 5.91 Å². The first-order valence-electron chi connectivity index (χ1n) is 8.71. The number of hydrogen-bond donors (Lipinski definition) is 2. The lowest BCUT2D eigenvalue weighted by Gasteiger charge is -2.25. The van der Waals surface area contributed by atoms with Crippen LogP contribution in [0, 0.1) is 0 Å². The number of amides is 1. The van der Waals surface area contributed by atoms with E-state index in [1.165, 1.54) is 0 Å². The van der Waals surface area contributed by atoms with Gasteiger partial charge >= 0.3 is 0 Å². The average molecular weight is 349 g/mol. The molecular weight excluding hydrogens is 326 g/mol. The summed E-state index contributed by atoms with van der Waals surface area (Å²) < 4.78 is 1.64. The molecular formula is C21H23N3O2. The van der Waals surface area contributed by atoms with Crippen LogP contribution in [0.1, 0.15) is 46.2 Å². The predicted molar refractivity (Wildman–Crippen MR) is 101 cm³/mol. The minimum absolute atomic E-state index is 0.237. The highest BCUT2D eigenvalue weighted by atomic mass is 16.3. The van der Waals surface area contributed by atoms with Gasteiger partial charge in [0.2, 0.25) is 0 Å². The van der Waals surface area contributed by atoms with Gasteiger partial charge in [-0.2, -0.15) is 5.10 Å². The molecule has 3 aromatic rings. The number of carbonyl (C=O) groups excluding carboxylic acids is 1. The standard InChI is InChI=1S/C21H23N3O2/c1-3-18-17(14-24(2)23-18)21(26)22-19(15-10-6-4-7-11-15)20(25)16-12-8-5-9-13-16/h4-14,19-20,25H,3H2,1-2H3,(H,22,26)/t19-,20+/m0/s1. The van der Waals surface area contributed by atoms with Crippen molar-refractivity contribution in [2.75, 3.05) is 0 Å². The number of aromatic nitrogens is 2. The number of nitrogens with one attached hydrogen (secondary N) is 1. The highest BCUT2D eigenvalue weighted by Gasteiger charge is 2.26. The van der Waals surface area contributed by atoms with E-state index in [0.717, 1.165) is 16.8 Å². The Balaban J connectivity index is 1.92. The van der Waals surface area contributed by atoms with Crippen LogP contribution in [0.3, 0.4) is 0 Å². The lowest BCUT2D eigenvalue weighted by molar-refractivity contribution is 0.0830. The number of aryl methyl sites for hydroxylation is 2. The molecule has 0 bridgehead atoms. The molecule has 5 nitrogen and oxygen atoms in total. The first-order chi connectivity index (χ1) is 12.6. The van der Waals surface area contributed by atoms with E-state index >= 15 is 0 Å². The van der Waals surface area contributed by atoms with E-state index in [1.54, 1.807) is 17.9 Å². The summed E-state index contributed by atoms with van der Waals surface area (Å²) in [6.07, 6.45) is 1.52. The van der Waals surface area contributed by atoms with Gasteiger partial charge in [-0.3, -0.25) is 9.48 Å². The fourth-order valence-corrected chi connectivity index (χ4v) is 3.05. The van der Waals surface area contributed by atoms with Crippen molar-refractivity contribution in [2.24, 2.45) is 7.05 Å². The van der Waals surface area contributed by atoms with Gasteiger partial charge in [-0.25, -0.2) is 0 Å². The Hall–Kier alpha value is -2.92. The molecule has 134 valence electrons. The number of carbonyl (C=O) groups is 1. The molecule has 0 spiro atoms. The molecule has 26 heavy (non-hydrogen) atoms. The average Bonchev–Trinajstić information content (AvgIpc) is 3.08. The summed E-state index contributed by atoms with van der Waals surface area (Å²) in [5, 5.41) is 18.2. The molecule has 5 heteroatoms. The number of rotatable bonds is 6. The van der Waals surface area contributed by atoms with Crippen LogP contribution in [0.2, 0.25) is 0 Å². The fraction of sp³-hybridized carbons (Fsp3) is 0.238. The summed E-state index contributed by atoms with van der Waals surface area (Å²) >= 11 is 0.